The molecule has 2 heterocycles. The normalized spacial score (nSPS) is 48.0. The van der Waals surface area contributed by atoms with Gasteiger partial charge in [-0.1, -0.05) is 0 Å². The lowest BCUT2D eigenvalue weighted by Crippen LogP contribution is -2.57. The van der Waals surface area contributed by atoms with Gasteiger partial charge in [-0.05, 0) is 0 Å². The molecule has 11 heteroatoms. The zero-order valence-electron chi connectivity index (χ0n) is 11.9. The molecule has 2 saturated heterocycles. The number of ketones is 1. The zero-order valence-corrected chi connectivity index (χ0v) is 11.9. The number of Topliss-reactive ketones (excluding diaryl/α,β-unsaturated/α-hetero) is 1. The Morgan fingerprint density at radius 3 is 2.26 bits per heavy atom. The van der Waals surface area contributed by atoms with Crippen LogP contribution < -0.4 is 0 Å². The molecule has 0 aromatic rings. The Morgan fingerprint density at radius 1 is 1.09 bits per heavy atom. The van der Waals surface area contributed by atoms with Gasteiger partial charge in [0.1, 0.15) is 30.5 Å². The fraction of sp³-hybridized carbons (Fsp3) is 0.917. The topological polar surface area (TPSA) is 186 Å². The fourth-order valence-corrected chi connectivity index (χ4v) is 2.41. The third-order valence-electron chi connectivity index (χ3n) is 3.86. The fourth-order valence-electron chi connectivity index (χ4n) is 2.41. The van der Waals surface area contributed by atoms with Crippen molar-refractivity contribution in [1.82, 2.24) is 0 Å². The lowest BCUT2D eigenvalue weighted by molar-refractivity contribution is -0.277. The van der Waals surface area contributed by atoms with Crippen molar-refractivity contribution in [2.45, 2.75) is 48.7 Å². The summed E-state index contributed by atoms with van der Waals surface area (Å²) in [6, 6.07) is 0. The van der Waals surface area contributed by atoms with Crippen LogP contribution in [0.25, 0.3) is 0 Å². The van der Waals surface area contributed by atoms with E-state index in [1.165, 1.54) is 0 Å². The third-order valence-corrected chi connectivity index (χ3v) is 3.86. The van der Waals surface area contributed by atoms with Gasteiger partial charge in [-0.3, -0.25) is 4.79 Å². The van der Waals surface area contributed by atoms with Gasteiger partial charge in [-0.25, -0.2) is 0 Å². The first-order chi connectivity index (χ1) is 10.7. The Morgan fingerprint density at radius 2 is 1.74 bits per heavy atom. The van der Waals surface area contributed by atoms with Gasteiger partial charge in [0, 0.05) is 0 Å². The van der Waals surface area contributed by atoms with Gasteiger partial charge >= 0.3 is 0 Å². The first kappa shape index (κ1) is 18.6. The number of aliphatic hydroxyl groups excluding tert-OH is 6. The molecule has 0 spiro atoms. The molecular formula is C12H20O11. The van der Waals surface area contributed by atoms with E-state index in [9.17, 15) is 30.3 Å². The molecule has 0 aliphatic carbocycles. The number of ether oxygens (including phenoxy) is 3. The lowest BCUT2D eigenvalue weighted by Gasteiger charge is -2.35. The van der Waals surface area contributed by atoms with Gasteiger partial charge in [0.15, 0.2) is 18.2 Å². The molecule has 8 atom stereocenters. The van der Waals surface area contributed by atoms with E-state index in [2.05, 4.69) is 0 Å². The van der Waals surface area contributed by atoms with Crippen LogP contribution in [0.3, 0.4) is 0 Å². The molecule has 134 valence electrons. The Labute approximate surface area is 130 Å². The third kappa shape index (κ3) is 3.39. The number of hydrogen-bond acceptors (Lipinski definition) is 11. The average Bonchev–Trinajstić information content (AvgIpc) is 2.77. The minimum Gasteiger partial charge on any atom is -0.394 e. The van der Waals surface area contributed by atoms with E-state index in [1.807, 2.05) is 0 Å². The predicted molar refractivity (Wildman–Crippen MR) is 67.6 cm³/mol. The van der Waals surface area contributed by atoms with E-state index in [0.717, 1.165) is 0 Å². The molecular weight excluding hydrogens is 320 g/mol. The summed E-state index contributed by atoms with van der Waals surface area (Å²) in [6.07, 6.45) is -11.0. The molecule has 0 unspecified atom stereocenters. The van der Waals surface area contributed by atoms with Crippen molar-refractivity contribution >= 4 is 5.78 Å². The SMILES string of the molecule is O=C1[C@@H](O)[C@@H](OC[C@H]2O[C@](O)(CO)[C@@H](O)[C@@H]2O)O[C@H](CO)[C@H]1O. The van der Waals surface area contributed by atoms with Gasteiger partial charge < -0.3 is 50.0 Å². The maximum atomic E-state index is 11.6. The van der Waals surface area contributed by atoms with Gasteiger partial charge in [-0.2, -0.15) is 0 Å². The summed E-state index contributed by atoms with van der Waals surface area (Å²) < 4.78 is 15.0. The van der Waals surface area contributed by atoms with Crippen LogP contribution in [0.4, 0.5) is 0 Å². The van der Waals surface area contributed by atoms with Gasteiger partial charge in [0.25, 0.3) is 0 Å². The highest BCUT2D eigenvalue weighted by Gasteiger charge is 2.53. The minimum absolute atomic E-state index is 0.510. The van der Waals surface area contributed by atoms with Crippen molar-refractivity contribution in [1.29, 1.82) is 0 Å². The summed E-state index contributed by atoms with van der Waals surface area (Å²) in [7, 11) is 0. The molecule has 11 nitrogen and oxygen atoms in total. The van der Waals surface area contributed by atoms with E-state index in [0.29, 0.717) is 0 Å². The van der Waals surface area contributed by atoms with Crippen LogP contribution in [0.2, 0.25) is 0 Å². The van der Waals surface area contributed by atoms with Crippen LogP contribution >= 0.6 is 0 Å². The average molecular weight is 340 g/mol. The van der Waals surface area contributed by atoms with E-state index in [4.69, 9.17) is 24.4 Å². The molecule has 2 fully saturated rings. The standard InChI is InChI=1S/C12H20O11/c13-1-4-6(15)8(17)9(18)11(22-4)21-2-5-7(16)10(19)12(20,3-14)23-5/h4-7,9-11,13-16,18-20H,1-3H2/t4-,5-,6-,7-,9-,10+,11+,12-/m1/s1. The molecule has 2 aliphatic heterocycles. The summed E-state index contributed by atoms with van der Waals surface area (Å²) in [5.41, 5.74) is 0. The van der Waals surface area contributed by atoms with Crippen LogP contribution in [-0.2, 0) is 19.0 Å². The first-order valence-electron chi connectivity index (χ1n) is 6.90. The summed E-state index contributed by atoms with van der Waals surface area (Å²) in [6.45, 7) is -2.17. The Kier molecular flexibility index (Phi) is 5.68. The summed E-state index contributed by atoms with van der Waals surface area (Å²) >= 11 is 0. The number of carbonyl (C=O) groups is 1. The van der Waals surface area contributed by atoms with Crippen LogP contribution in [0.1, 0.15) is 0 Å². The minimum atomic E-state index is -2.36. The van der Waals surface area contributed by atoms with E-state index in [-0.39, 0.29) is 0 Å². The number of rotatable bonds is 5. The Balaban J connectivity index is 1.96. The maximum Gasteiger partial charge on any atom is 0.219 e. The first-order valence-corrected chi connectivity index (χ1v) is 6.90. The largest absolute Gasteiger partial charge is 0.394 e. The van der Waals surface area contributed by atoms with Gasteiger partial charge in [0.05, 0.1) is 19.8 Å². The smallest absolute Gasteiger partial charge is 0.219 e. The maximum absolute atomic E-state index is 11.6. The summed E-state index contributed by atoms with van der Waals surface area (Å²) in [5.74, 6) is -3.36. The Hall–Kier alpha value is -0.730. The lowest BCUT2D eigenvalue weighted by atomic mass is 10.0. The highest BCUT2D eigenvalue weighted by molar-refractivity contribution is 5.88. The zero-order chi connectivity index (χ0) is 17.4. The van der Waals surface area contributed by atoms with Gasteiger partial charge in [-0.15, -0.1) is 0 Å². The van der Waals surface area contributed by atoms with Crippen molar-refractivity contribution in [2.24, 2.45) is 0 Å². The molecule has 23 heavy (non-hydrogen) atoms. The molecule has 0 radical (unpaired) electrons. The Bertz CT molecular complexity index is 431. The molecule has 0 bridgehead atoms. The number of hydrogen-bond donors (Lipinski definition) is 7. The molecule has 0 aromatic heterocycles. The van der Waals surface area contributed by atoms with Crippen molar-refractivity contribution in [3.8, 4) is 0 Å². The van der Waals surface area contributed by atoms with Crippen LogP contribution in [-0.4, -0.2) is 110 Å². The highest BCUT2D eigenvalue weighted by atomic mass is 16.7. The number of carbonyl (C=O) groups excluding carboxylic acids is 1. The molecule has 7 N–H and O–H groups in total. The highest BCUT2D eigenvalue weighted by Crippen LogP contribution is 2.29. The molecule has 0 saturated carbocycles. The van der Waals surface area contributed by atoms with Crippen molar-refractivity contribution in [2.75, 3.05) is 19.8 Å². The molecule has 0 amide bonds. The summed E-state index contributed by atoms with van der Waals surface area (Å²) in [5, 5.41) is 66.2. The van der Waals surface area contributed by atoms with Crippen molar-refractivity contribution < 1.29 is 54.8 Å². The van der Waals surface area contributed by atoms with Crippen molar-refractivity contribution in [3.05, 3.63) is 0 Å². The quantitative estimate of drug-likeness (QED) is 0.253. The van der Waals surface area contributed by atoms with Crippen LogP contribution in [0, 0.1) is 0 Å². The molecule has 0 aromatic carbocycles. The molecule has 2 aliphatic rings. The second-order valence-electron chi connectivity index (χ2n) is 5.45. The second kappa shape index (κ2) is 7.03. The molecule has 2 rings (SSSR count). The number of aliphatic hydroxyl groups is 7. The predicted octanol–water partition coefficient (Wildman–Crippen LogP) is -5.19. The summed E-state index contributed by atoms with van der Waals surface area (Å²) in [4.78, 5) is 11.6. The van der Waals surface area contributed by atoms with E-state index in [1.54, 1.807) is 0 Å². The van der Waals surface area contributed by atoms with E-state index < -0.39 is 74.3 Å². The second-order valence-corrected chi connectivity index (χ2v) is 5.45. The van der Waals surface area contributed by atoms with E-state index >= 15 is 0 Å². The van der Waals surface area contributed by atoms with Crippen molar-refractivity contribution in [3.63, 3.8) is 0 Å². The monoisotopic (exact) mass is 340 g/mol. The van der Waals surface area contributed by atoms with Crippen LogP contribution in [0.5, 0.6) is 0 Å². The van der Waals surface area contributed by atoms with Crippen LogP contribution in [0.15, 0.2) is 0 Å². The van der Waals surface area contributed by atoms with Gasteiger partial charge in [0.2, 0.25) is 5.79 Å².